The Morgan fingerprint density at radius 2 is 1.71 bits per heavy atom. The zero-order valence-electron chi connectivity index (χ0n) is 13.3. The molecule has 0 saturated carbocycles. The Hall–Kier alpha value is -1.88. The maximum atomic E-state index is 11.8. The number of nitrogens with one attached hydrogen (secondary N) is 1. The molecular formula is C16H25N3O2. The van der Waals surface area contributed by atoms with Crippen molar-refractivity contribution >= 4 is 17.5 Å². The van der Waals surface area contributed by atoms with Crippen LogP contribution in [-0.2, 0) is 9.59 Å². The van der Waals surface area contributed by atoms with Crippen molar-refractivity contribution in [3.05, 3.63) is 29.8 Å². The lowest BCUT2D eigenvalue weighted by Crippen LogP contribution is -2.36. The number of hydrogen-bond donors (Lipinski definition) is 1. The fraction of sp³-hybridized carbons (Fsp3) is 0.500. The normalized spacial score (nSPS) is 10.5. The first-order chi connectivity index (χ1) is 9.90. The molecule has 5 nitrogen and oxygen atoms in total. The summed E-state index contributed by atoms with van der Waals surface area (Å²) in [5.74, 6) is -0.0878. The molecule has 0 aliphatic heterocycles. The van der Waals surface area contributed by atoms with E-state index in [1.807, 2.05) is 50.2 Å². The van der Waals surface area contributed by atoms with Crippen molar-refractivity contribution in [1.29, 1.82) is 0 Å². The molecule has 0 aromatic heterocycles. The van der Waals surface area contributed by atoms with Gasteiger partial charge in [-0.3, -0.25) is 9.59 Å². The van der Waals surface area contributed by atoms with Gasteiger partial charge in [-0.15, -0.1) is 0 Å². The van der Waals surface area contributed by atoms with Gasteiger partial charge in [0.25, 0.3) is 0 Å². The number of carbonyl (C=O) groups excluding carboxylic acids is 2. The highest BCUT2D eigenvalue weighted by Crippen LogP contribution is 2.15. The number of hydrogen-bond acceptors (Lipinski definition) is 3. The second kappa shape index (κ2) is 8.42. The lowest BCUT2D eigenvalue weighted by molar-refractivity contribution is -0.121. The first-order valence-electron chi connectivity index (χ1n) is 7.16. The molecule has 5 heteroatoms. The van der Waals surface area contributed by atoms with Crippen molar-refractivity contribution in [2.45, 2.75) is 20.3 Å². The SMILES string of the molecule is CC(=O)N(CCC(=O)NCCN(C)C)c1ccc(C)cc1. The van der Waals surface area contributed by atoms with Crippen LogP contribution in [0, 0.1) is 6.92 Å². The third kappa shape index (κ3) is 6.40. The number of benzene rings is 1. The molecule has 0 atom stereocenters. The van der Waals surface area contributed by atoms with Crippen molar-refractivity contribution in [2.24, 2.45) is 0 Å². The third-order valence-corrected chi connectivity index (χ3v) is 3.17. The van der Waals surface area contributed by atoms with Crippen LogP contribution in [0.2, 0.25) is 0 Å². The number of rotatable bonds is 7. The van der Waals surface area contributed by atoms with Gasteiger partial charge in [-0.25, -0.2) is 0 Å². The van der Waals surface area contributed by atoms with E-state index in [2.05, 4.69) is 5.32 Å². The van der Waals surface area contributed by atoms with Crippen molar-refractivity contribution in [3.8, 4) is 0 Å². The minimum Gasteiger partial charge on any atom is -0.355 e. The Morgan fingerprint density at radius 3 is 2.24 bits per heavy atom. The molecule has 116 valence electrons. The second-order valence-electron chi connectivity index (χ2n) is 5.41. The van der Waals surface area contributed by atoms with Gasteiger partial charge in [-0.1, -0.05) is 17.7 Å². The first-order valence-corrected chi connectivity index (χ1v) is 7.16. The Morgan fingerprint density at radius 1 is 1.10 bits per heavy atom. The van der Waals surface area contributed by atoms with Gasteiger partial charge in [0.2, 0.25) is 11.8 Å². The standard InChI is InChI=1S/C16H25N3O2/c1-13-5-7-15(8-6-13)19(14(2)20)11-9-16(21)17-10-12-18(3)4/h5-8H,9-12H2,1-4H3,(H,17,21). The zero-order chi connectivity index (χ0) is 15.8. The summed E-state index contributed by atoms with van der Waals surface area (Å²) in [7, 11) is 3.92. The average Bonchev–Trinajstić information content (AvgIpc) is 2.40. The van der Waals surface area contributed by atoms with E-state index in [4.69, 9.17) is 0 Å². The van der Waals surface area contributed by atoms with Crippen LogP contribution in [0.3, 0.4) is 0 Å². The molecule has 0 bridgehead atoms. The molecule has 1 aromatic rings. The summed E-state index contributed by atoms with van der Waals surface area (Å²) in [5, 5.41) is 2.85. The van der Waals surface area contributed by atoms with Crippen molar-refractivity contribution in [2.75, 3.05) is 38.6 Å². The van der Waals surface area contributed by atoms with Gasteiger partial charge in [-0.05, 0) is 33.2 Å². The Bertz CT molecular complexity index is 469. The predicted molar refractivity (Wildman–Crippen MR) is 85.4 cm³/mol. The largest absolute Gasteiger partial charge is 0.355 e. The maximum absolute atomic E-state index is 11.8. The fourth-order valence-corrected chi connectivity index (χ4v) is 1.91. The lowest BCUT2D eigenvalue weighted by atomic mass is 10.2. The Labute approximate surface area is 126 Å². The molecule has 1 rings (SSSR count). The molecule has 0 radical (unpaired) electrons. The summed E-state index contributed by atoms with van der Waals surface area (Å²) in [5.41, 5.74) is 1.97. The zero-order valence-corrected chi connectivity index (χ0v) is 13.3. The van der Waals surface area contributed by atoms with Crippen LogP contribution in [0.5, 0.6) is 0 Å². The Kier molecular flexibility index (Phi) is 6.88. The van der Waals surface area contributed by atoms with E-state index in [1.54, 1.807) is 4.90 Å². The first kappa shape index (κ1) is 17.2. The molecule has 0 aliphatic carbocycles. The van der Waals surface area contributed by atoms with E-state index in [-0.39, 0.29) is 11.8 Å². The highest BCUT2D eigenvalue weighted by Gasteiger charge is 2.13. The number of aryl methyl sites for hydroxylation is 1. The lowest BCUT2D eigenvalue weighted by Gasteiger charge is -2.21. The van der Waals surface area contributed by atoms with E-state index in [9.17, 15) is 9.59 Å². The summed E-state index contributed by atoms with van der Waals surface area (Å²) < 4.78 is 0. The minimum absolute atomic E-state index is 0.0322. The summed E-state index contributed by atoms with van der Waals surface area (Å²) in [6, 6.07) is 7.73. The summed E-state index contributed by atoms with van der Waals surface area (Å²) in [6.45, 7) is 5.34. The summed E-state index contributed by atoms with van der Waals surface area (Å²) in [4.78, 5) is 27.1. The maximum Gasteiger partial charge on any atom is 0.223 e. The molecule has 0 saturated heterocycles. The molecule has 0 unspecified atom stereocenters. The van der Waals surface area contributed by atoms with Crippen LogP contribution in [0.1, 0.15) is 18.9 Å². The Balaban J connectivity index is 2.50. The average molecular weight is 291 g/mol. The summed E-state index contributed by atoms with van der Waals surface area (Å²) in [6.07, 6.45) is 0.306. The molecule has 2 amide bonds. The van der Waals surface area contributed by atoms with E-state index in [0.29, 0.717) is 19.5 Å². The fourth-order valence-electron chi connectivity index (χ4n) is 1.91. The van der Waals surface area contributed by atoms with E-state index >= 15 is 0 Å². The molecule has 0 aliphatic rings. The monoisotopic (exact) mass is 291 g/mol. The summed E-state index contributed by atoms with van der Waals surface area (Å²) >= 11 is 0. The van der Waals surface area contributed by atoms with E-state index in [1.165, 1.54) is 6.92 Å². The van der Waals surface area contributed by atoms with Crippen molar-refractivity contribution < 1.29 is 9.59 Å². The molecule has 0 heterocycles. The minimum atomic E-state index is -0.0556. The number of amides is 2. The predicted octanol–water partition coefficient (Wildman–Crippen LogP) is 1.42. The van der Waals surface area contributed by atoms with Crippen molar-refractivity contribution in [1.82, 2.24) is 10.2 Å². The van der Waals surface area contributed by atoms with Gasteiger partial charge in [0.15, 0.2) is 0 Å². The highest BCUT2D eigenvalue weighted by atomic mass is 16.2. The van der Waals surface area contributed by atoms with Crippen LogP contribution in [-0.4, -0.2) is 50.4 Å². The molecular weight excluding hydrogens is 266 g/mol. The van der Waals surface area contributed by atoms with Gasteiger partial charge in [0.1, 0.15) is 0 Å². The third-order valence-electron chi connectivity index (χ3n) is 3.17. The number of likely N-dealkylation sites (N-methyl/N-ethyl adjacent to an activating group) is 1. The van der Waals surface area contributed by atoms with Gasteiger partial charge in [0, 0.05) is 38.7 Å². The van der Waals surface area contributed by atoms with Gasteiger partial charge in [0.05, 0.1) is 0 Å². The number of anilines is 1. The van der Waals surface area contributed by atoms with Crippen molar-refractivity contribution in [3.63, 3.8) is 0 Å². The van der Waals surface area contributed by atoms with Gasteiger partial charge >= 0.3 is 0 Å². The number of carbonyl (C=O) groups is 2. The van der Waals surface area contributed by atoms with Crippen LogP contribution in [0.25, 0.3) is 0 Å². The number of nitrogens with zero attached hydrogens (tertiary/aromatic N) is 2. The van der Waals surface area contributed by atoms with Crippen LogP contribution in [0.4, 0.5) is 5.69 Å². The molecule has 0 fully saturated rings. The molecule has 1 aromatic carbocycles. The highest BCUT2D eigenvalue weighted by molar-refractivity contribution is 5.92. The van der Waals surface area contributed by atoms with Gasteiger partial charge in [-0.2, -0.15) is 0 Å². The quantitative estimate of drug-likeness (QED) is 0.826. The topological polar surface area (TPSA) is 52.7 Å². The smallest absolute Gasteiger partial charge is 0.223 e. The second-order valence-corrected chi connectivity index (χ2v) is 5.41. The molecule has 21 heavy (non-hydrogen) atoms. The van der Waals surface area contributed by atoms with E-state index < -0.39 is 0 Å². The molecule has 1 N–H and O–H groups in total. The van der Waals surface area contributed by atoms with Crippen LogP contribution < -0.4 is 10.2 Å². The molecule has 0 spiro atoms. The van der Waals surface area contributed by atoms with Crippen LogP contribution in [0.15, 0.2) is 24.3 Å². The van der Waals surface area contributed by atoms with Crippen LogP contribution >= 0.6 is 0 Å². The van der Waals surface area contributed by atoms with E-state index in [0.717, 1.165) is 17.8 Å². The van der Waals surface area contributed by atoms with Gasteiger partial charge < -0.3 is 15.1 Å².